The summed E-state index contributed by atoms with van der Waals surface area (Å²) in [6.07, 6.45) is 3.84. The topological polar surface area (TPSA) is 76.1 Å². The monoisotopic (exact) mass is 454 g/mol. The number of hydrogen-bond acceptors (Lipinski definition) is 8. The van der Waals surface area contributed by atoms with E-state index in [0.717, 1.165) is 47.4 Å². The van der Waals surface area contributed by atoms with Crippen molar-refractivity contribution >= 4 is 39.8 Å². The second-order valence-corrected chi connectivity index (χ2v) is 9.66. The molecule has 0 saturated carbocycles. The first-order valence-electron chi connectivity index (χ1n) is 10.4. The molecule has 0 aliphatic carbocycles. The first kappa shape index (κ1) is 21.8. The van der Waals surface area contributed by atoms with Gasteiger partial charge in [-0.05, 0) is 63.9 Å². The van der Waals surface area contributed by atoms with E-state index in [9.17, 15) is 4.79 Å². The Balaban J connectivity index is 1.60. The molecule has 0 radical (unpaired) electrons. The van der Waals surface area contributed by atoms with Crippen molar-refractivity contribution in [2.75, 3.05) is 18.4 Å². The molecule has 4 rings (SSSR count). The first-order chi connectivity index (χ1) is 15.1. The van der Waals surface area contributed by atoms with Gasteiger partial charge in [-0.2, -0.15) is 0 Å². The second kappa shape index (κ2) is 10.3. The van der Waals surface area contributed by atoms with Gasteiger partial charge < -0.3 is 15.4 Å². The minimum atomic E-state index is -0.0751. The Morgan fingerprint density at radius 3 is 2.74 bits per heavy atom. The molecule has 1 aromatic carbocycles. The Morgan fingerprint density at radius 2 is 2.06 bits per heavy atom. The molecule has 3 heterocycles. The quantitative estimate of drug-likeness (QED) is 0.439. The van der Waals surface area contributed by atoms with Crippen LogP contribution in [0.25, 0.3) is 0 Å². The number of hydrogen-bond donors (Lipinski definition) is 2. The van der Waals surface area contributed by atoms with Gasteiger partial charge in [-0.15, -0.1) is 23.1 Å². The zero-order valence-corrected chi connectivity index (χ0v) is 19.3. The highest BCUT2D eigenvalue weighted by Gasteiger charge is 2.28. The van der Waals surface area contributed by atoms with Crippen LogP contribution in [-0.2, 0) is 4.79 Å². The Morgan fingerprint density at radius 1 is 1.29 bits per heavy atom. The van der Waals surface area contributed by atoms with E-state index < -0.39 is 0 Å². The van der Waals surface area contributed by atoms with Crippen LogP contribution in [0.15, 0.2) is 52.9 Å². The average molecular weight is 455 g/mol. The number of Topliss-reactive ketones (excluding diaryl/α,β-unsaturated/α-hetero) is 1. The fraction of sp³-hybridized carbons (Fsp3) is 0.348. The molecule has 1 unspecified atom stereocenters. The zero-order valence-electron chi connectivity index (χ0n) is 17.6. The van der Waals surface area contributed by atoms with Crippen molar-refractivity contribution < 1.29 is 9.53 Å². The molecule has 8 heteroatoms. The highest BCUT2D eigenvalue weighted by Crippen LogP contribution is 2.38. The lowest BCUT2D eigenvalue weighted by molar-refractivity contribution is -0.117. The third kappa shape index (κ3) is 5.84. The van der Waals surface area contributed by atoms with E-state index >= 15 is 0 Å². The van der Waals surface area contributed by atoms with Crippen molar-refractivity contribution in [3.63, 3.8) is 0 Å². The van der Waals surface area contributed by atoms with Gasteiger partial charge in [0, 0.05) is 16.5 Å². The van der Waals surface area contributed by atoms with Crippen molar-refractivity contribution in [2.24, 2.45) is 5.92 Å². The molecule has 162 valence electrons. The predicted octanol–water partition coefficient (Wildman–Crippen LogP) is 5.43. The van der Waals surface area contributed by atoms with Crippen molar-refractivity contribution in [3.8, 4) is 11.5 Å². The number of thiazole rings is 1. The van der Waals surface area contributed by atoms with Crippen LogP contribution in [0.5, 0.6) is 11.5 Å². The molecular weight excluding hydrogens is 428 g/mol. The van der Waals surface area contributed by atoms with E-state index in [1.54, 1.807) is 18.7 Å². The fourth-order valence-corrected chi connectivity index (χ4v) is 5.50. The van der Waals surface area contributed by atoms with Crippen LogP contribution in [0.3, 0.4) is 0 Å². The van der Waals surface area contributed by atoms with E-state index in [1.807, 2.05) is 54.9 Å². The van der Waals surface area contributed by atoms with Gasteiger partial charge in [-0.1, -0.05) is 18.2 Å². The van der Waals surface area contributed by atoms with Crippen LogP contribution < -0.4 is 15.4 Å². The summed E-state index contributed by atoms with van der Waals surface area (Å²) in [5, 5.41) is 9.32. The smallest absolute Gasteiger partial charge is 0.188 e. The van der Waals surface area contributed by atoms with Crippen LogP contribution >= 0.6 is 23.1 Å². The Bertz CT molecular complexity index is 1020. The molecule has 1 aliphatic rings. The number of aryl methyl sites for hydroxylation is 1. The molecule has 1 atom stereocenters. The van der Waals surface area contributed by atoms with Gasteiger partial charge in [-0.25, -0.2) is 9.97 Å². The largest absolute Gasteiger partial charge is 0.453 e. The van der Waals surface area contributed by atoms with Gasteiger partial charge >= 0.3 is 0 Å². The maximum atomic E-state index is 12.4. The standard InChI is InChI=1S/C23H26N4O2S2/c1-15-14-30-23(26-15)27-22-20(29-18-6-4-3-5-7-18)12-19(13-25-22)31-21(16(2)28)17-8-10-24-11-9-17/h3-7,12-14,17,21,24H,8-11H2,1-2H3,(H,25,26,27). The van der Waals surface area contributed by atoms with E-state index in [0.29, 0.717) is 17.5 Å². The fourth-order valence-electron chi connectivity index (χ4n) is 3.60. The van der Waals surface area contributed by atoms with Crippen LogP contribution in [0.4, 0.5) is 10.9 Å². The highest BCUT2D eigenvalue weighted by atomic mass is 32.2. The minimum Gasteiger partial charge on any atom is -0.453 e. The van der Waals surface area contributed by atoms with Gasteiger partial charge in [0.25, 0.3) is 0 Å². The molecule has 0 bridgehead atoms. The van der Waals surface area contributed by atoms with E-state index in [2.05, 4.69) is 20.6 Å². The van der Waals surface area contributed by atoms with Crippen LogP contribution in [0.2, 0.25) is 0 Å². The number of ketones is 1. The Kier molecular flexibility index (Phi) is 7.21. The number of pyridine rings is 1. The number of nitrogens with one attached hydrogen (secondary N) is 2. The molecule has 2 aromatic heterocycles. The summed E-state index contributed by atoms with van der Waals surface area (Å²) >= 11 is 3.11. The van der Waals surface area contributed by atoms with Crippen LogP contribution in [0.1, 0.15) is 25.5 Å². The molecule has 1 fully saturated rings. The highest BCUT2D eigenvalue weighted by molar-refractivity contribution is 8.00. The Hall–Kier alpha value is -2.42. The molecule has 3 aromatic rings. The number of anilines is 2. The summed E-state index contributed by atoms with van der Waals surface area (Å²) in [4.78, 5) is 22.4. The first-order valence-corrected chi connectivity index (χ1v) is 12.1. The minimum absolute atomic E-state index is 0.0751. The molecule has 1 aliphatic heterocycles. The third-order valence-electron chi connectivity index (χ3n) is 5.12. The number of para-hydroxylation sites is 1. The predicted molar refractivity (Wildman–Crippen MR) is 127 cm³/mol. The molecule has 0 spiro atoms. The number of nitrogens with zero attached hydrogens (tertiary/aromatic N) is 2. The number of ether oxygens (including phenoxy) is 1. The summed E-state index contributed by atoms with van der Waals surface area (Å²) in [5.74, 6) is 2.52. The number of thioether (sulfide) groups is 1. The van der Waals surface area contributed by atoms with Gasteiger partial charge in [0.1, 0.15) is 11.5 Å². The van der Waals surface area contributed by atoms with Crippen molar-refractivity contribution in [1.82, 2.24) is 15.3 Å². The lowest BCUT2D eigenvalue weighted by Crippen LogP contribution is -2.35. The van der Waals surface area contributed by atoms with E-state index in [-0.39, 0.29) is 11.0 Å². The third-order valence-corrected chi connectivity index (χ3v) is 7.46. The van der Waals surface area contributed by atoms with Gasteiger partial charge in [-0.3, -0.25) is 4.79 Å². The lowest BCUT2D eigenvalue weighted by Gasteiger charge is -2.28. The number of rotatable bonds is 8. The van der Waals surface area contributed by atoms with E-state index in [4.69, 9.17) is 4.74 Å². The van der Waals surface area contributed by atoms with Crippen molar-refractivity contribution in [1.29, 1.82) is 0 Å². The zero-order chi connectivity index (χ0) is 21.6. The summed E-state index contributed by atoms with van der Waals surface area (Å²) in [7, 11) is 0. The van der Waals surface area contributed by atoms with Gasteiger partial charge in [0.2, 0.25) is 0 Å². The number of piperidine rings is 1. The summed E-state index contributed by atoms with van der Waals surface area (Å²) < 4.78 is 6.16. The average Bonchev–Trinajstić information content (AvgIpc) is 3.19. The number of benzene rings is 1. The summed E-state index contributed by atoms with van der Waals surface area (Å²) in [6.45, 7) is 5.57. The SMILES string of the molecule is CC(=O)C(Sc1cnc(Nc2nc(C)cs2)c(Oc2ccccc2)c1)C1CCNCC1. The number of carbonyl (C=O) groups excluding carboxylic acids is 1. The Labute approximate surface area is 190 Å². The molecule has 31 heavy (non-hydrogen) atoms. The molecule has 6 nitrogen and oxygen atoms in total. The molecule has 2 N–H and O–H groups in total. The van der Waals surface area contributed by atoms with Gasteiger partial charge in [0.05, 0.1) is 10.9 Å². The van der Waals surface area contributed by atoms with Gasteiger partial charge in [0.15, 0.2) is 16.7 Å². The summed E-state index contributed by atoms with van der Waals surface area (Å²) in [5.41, 5.74) is 0.955. The summed E-state index contributed by atoms with van der Waals surface area (Å²) in [6, 6.07) is 11.6. The molecule has 1 saturated heterocycles. The van der Waals surface area contributed by atoms with E-state index in [1.165, 1.54) is 11.3 Å². The van der Waals surface area contributed by atoms with Crippen LogP contribution in [0, 0.1) is 12.8 Å². The van der Waals surface area contributed by atoms with Crippen molar-refractivity contribution in [2.45, 2.75) is 36.8 Å². The number of carbonyl (C=O) groups is 1. The number of aromatic nitrogens is 2. The van der Waals surface area contributed by atoms with Crippen molar-refractivity contribution in [3.05, 3.63) is 53.7 Å². The van der Waals surface area contributed by atoms with Crippen LogP contribution in [-0.4, -0.2) is 34.1 Å². The maximum Gasteiger partial charge on any atom is 0.188 e. The molecule has 0 amide bonds. The second-order valence-electron chi connectivity index (χ2n) is 7.59. The molecular formula is C23H26N4O2S2. The maximum absolute atomic E-state index is 12.4. The normalized spacial score (nSPS) is 15.4. The lowest BCUT2D eigenvalue weighted by atomic mass is 9.92.